The second-order valence-corrected chi connectivity index (χ2v) is 8.15. The van der Waals surface area contributed by atoms with Crippen molar-refractivity contribution in [3.8, 4) is 0 Å². The Morgan fingerprint density at radius 1 is 0.548 bits per heavy atom. The fraction of sp³-hybridized carbons (Fsp3) is 0.917. The van der Waals surface area contributed by atoms with Gasteiger partial charge in [0.1, 0.15) is 0 Å². The molecule has 0 aliphatic heterocycles. The number of aliphatic carboxylic acids is 2. The molecule has 0 unspecified atom stereocenters. The quantitative estimate of drug-likeness (QED) is 0.185. The van der Waals surface area contributed by atoms with Gasteiger partial charge in [-0.15, -0.1) is 0 Å². The summed E-state index contributed by atoms with van der Waals surface area (Å²) in [4.78, 5) is 20.2. The molecule has 0 fully saturated rings. The van der Waals surface area contributed by atoms with Crippen molar-refractivity contribution < 1.29 is 35.1 Å². The number of aliphatic hydroxyl groups excluding tert-OH is 3. The summed E-state index contributed by atoms with van der Waals surface area (Å²) in [6, 6.07) is 0. The fourth-order valence-electron chi connectivity index (χ4n) is 2.60. The summed E-state index contributed by atoms with van der Waals surface area (Å²) in [6.45, 7) is 5.71. The van der Waals surface area contributed by atoms with Crippen molar-refractivity contribution in [2.75, 3.05) is 19.8 Å². The first-order valence-corrected chi connectivity index (χ1v) is 12.0. The van der Waals surface area contributed by atoms with Crippen LogP contribution in [0.5, 0.6) is 0 Å². The number of aliphatic hydroxyl groups is 3. The lowest BCUT2D eigenvalue weighted by Gasteiger charge is -2.24. The van der Waals surface area contributed by atoms with Crippen LogP contribution in [0.25, 0.3) is 0 Å². The largest absolute Gasteiger partial charge is 0.481 e. The van der Waals surface area contributed by atoms with Gasteiger partial charge in [-0.25, -0.2) is 0 Å². The van der Waals surface area contributed by atoms with E-state index in [2.05, 4.69) is 13.8 Å². The molecule has 31 heavy (non-hydrogen) atoms. The summed E-state index contributed by atoms with van der Waals surface area (Å²) in [6.07, 6.45) is 15.1. The Bertz CT molecular complexity index is 339. The van der Waals surface area contributed by atoms with Crippen LogP contribution in [-0.4, -0.2) is 57.3 Å². The molecule has 0 radical (unpaired) electrons. The lowest BCUT2D eigenvalue weighted by molar-refractivity contribution is -0.138. The van der Waals surface area contributed by atoms with E-state index in [0.29, 0.717) is 19.3 Å². The van der Waals surface area contributed by atoms with E-state index in [9.17, 15) is 9.59 Å². The molecule has 0 bridgehead atoms. The fourth-order valence-corrected chi connectivity index (χ4v) is 2.60. The van der Waals surface area contributed by atoms with Crippen LogP contribution in [-0.2, 0) is 9.59 Å². The van der Waals surface area contributed by atoms with E-state index in [-0.39, 0.29) is 19.8 Å². The van der Waals surface area contributed by atoms with Gasteiger partial charge in [-0.2, -0.15) is 0 Å². The van der Waals surface area contributed by atoms with E-state index in [0.717, 1.165) is 25.7 Å². The number of hydrogen-bond donors (Lipinski definition) is 5. The molecule has 5 N–H and O–H groups in total. The average Bonchev–Trinajstić information content (AvgIpc) is 2.76. The van der Waals surface area contributed by atoms with E-state index < -0.39 is 17.4 Å². The third-order valence-electron chi connectivity index (χ3n) is 5.24. The lowest BCUT2D eigenvalue weighted by Crippen LogP contribution is -2.32. The zero-order valence-corrected chi connectivity index (χ0v) is 20.3. The van der Waals surface area contributed by atoms with Crippen molar-refractivity contribution in [2.24, 2.45) is 5.41 Å². The van der Waals surface area contributed by atoms with Gasteiger partial charge in [0.05, 0.1) is 19.8 Å². The average molecular weight is 451 g/mol. The number of carboxylic acid groups (broad SMARTS) is 2. The van der Waals surface area contributed by atoms with E-state index in [4.69, 9.17) is 25.5 Å². The Balaban J connectivity index is -0.000000382. The van der Waals surface area contributed by atoms with E-state index in [1.165, 1.54) is 51.4 Å². The molecule has 0 rings (SSSR count). The maximum Gasteiger partial charge on any atom is 0.303 e. The van der Waals surface area contributed by atoms with Crippen LogP contribution in [0.2, 0.25) is 0 Å². The van der Waals surface area contributed by atoms with Crippen molar-refractivity contribution in [3.63, 3.8) is 0 Å². The second-order valence-electron chi connectivity index (χ2n) is 8.15. The summed E-state index contributed by atoms with van der Waals surface area (Å²) in [7, 11) is 0. The van der Waals surface area contributed by atoms with Gasteiger partial charge < -0.3 is 25.5 Å². The van der Waals surface area contributed by atoms with Crippen LogP contribution in [0.15, 0.2) is 0 Å². The zero-order valence-electron chi connectivity index (χ0n) is 20.3. The molecular formula is C24H50O7. The predicted molar refractivity (Wildman–Crippen MR) is 125 cm³/mol. The standard InChI is InChI=1S/2C9H18O2.C6H14O3/c2*1-2-3-4-5-6-7-8-9(10)11;1-2-6(3-7,4-8)5-9/h2*2-8H2,1H3,(H,10,11);7-9H,2-5H2,1H3. The number of carbonyl (C=O) groups is 2. The van der Waals surface area contributed by atoms with Crippen molar-refractivity contribution in [3.05, 3.63) is 0 Å². The van der Waals surface area contributed by atoms with Gasteiger partial charge in [0.25, 0.3) is 0 Å². The van der Waals surface area contributed by atoms with Crippen molar-refractivity contribution >= 4 is 11.9 Å². The smallest absolute Gasteiger partial charge is 0.303 e. The Morgan fingerprint density at radius 3 is 1.03 bits per heavy atom. The van der Waals surface area contributed by atoms with Gasteiger partial charge in [-0.1, -0.05) is 85.0 Å². The Labute approximate surface area is 189 Å². The van der Waals surface area contributed by atoms with Crippen molar-refractivity contribution in [1.29, 1.82) is 0 Å². The van der Waals surface area contributed by atoms with Crippen LogP contribution >= 0.6 is 0 Å². The summed E-state index contributed by atoms with van der Waals surface area (Å²) in [5, 5.41) is 42.6. The minimum absolute atomic E-state index is 0.156. The predicted octanol–water partition coefficient (Wildman–Crippen LogP) is 5.00. The van der Waals surface area contributed by atoms with Crippen molar-refractivity contribution in [2.45, 2.75) is 117 Å². The van der Waals surface area contributed by atoms with Crippen LogP contribution < -0.4 is 0 Å². The molecule has 0 atom stereocenters. The number of unbranched alkanes of at least 4 members (excludes halogenated alkanes) is 10. The van der Waals surface area contributed by atoms with E-state index >= 15 is 0 Å². The Morgan fingerprint density at radius 2 is 0.839 bits per heavy atom. The summed E-state index contributed by atoms with van der Waals surface area (Å²) in [5.74, 6) is -1.33. The van der Waals surface area contributed by atoms with Gasteiger partial charge >= 0.3 is 11.9 Å². The van der Waals surface area contributed by atoms with Gasteiger partial charge in [0, 0.05) is 18.3 Å². The van der Waals surface area contributed by atoms with E-state index in [1.54, 1.807) is 0 Å². The van der Waals surface area contributed by atoms with Crippen LogP contribution in [0.3, 0.4) is 0 Å². The molecule has 7 nitrogen and oxygen atoms in total. The highest BCUT2D eigenvalue weighted by Gasteiger charge is 2.24. The molecule has 7 heteroatoms. The molecule has 0 aromatic carbocycles. The Hall–Kier alpha value is -1.18. The molecule has 0 spiro atoms. The molecular weight excluding hydrogens is 400 g/mol. The lowest BCUT2D eigenvalue weighted by atomic mass is 9.88. The maximum atomic E-state index is 10.1. The highest BCUT2D eigenvalue weighted by atomic mass is 16.4. The molecule has 0 amide bonds. The first kappa shape index (κ1) is 34.4. The van der Waals surface area contributed by atoms with Crippen molar-refractivity contribution in [1.82, 2.24) is 0 Å². The second kappa shape index (κ2) is 26.9. The molecule has 0 aliphatic rings. The third kappa shape index (κ3) is 28.8. The topological polar surface area (TPSA) is 135 Å². The first-order chi connectivity index (χ1) is 14.8. The van der Waals surface area contributed by atoms with E-state index in [1.807, 2.05) is 6.92 Å². The highest BCUT2D eigenvalue weighted by molar-refractivity contribution is 5.66. The Kier molecular flexibility index (Phi) is 29.8. The molecule has 0 saturated carbocycles. The third-order valence-corrected chi connectivity index (χ3v) is 5.24. The normalized spacial score (nSPS) is 10.5. The van der Waals surface area contributed by atoms with Gasteiger partial charge in [-0.05, 0) is 19.3 Å². The highest BCUT2D eigenvalue weighted by Crippen LogP contribution is 2.18. The number of rotatable bonds is 18. The maximum absolute atomic E-state index is 10.1. The first-order valence-electron chi connectivity index (χ1n) is 12.0. The molecule has 188 valence electrons. The number of hydrogen-bond acceptors (Lipinski definition) is 5. The minimum atomic E-state index is -0.667. The van der Waals surface area contributed by atoms with Gasteiger partial charge in [-0.3, -0.25) is 9.59 Å². The summed E-state index contributed by atoms with van der Waals surface area (Å²) >= 11 is 0. The molecule has 0 heterocycles. The molecule has 0 aromatic heterocycles. The van der Waals surface area contributed by atoms with Crippen LogP contribution in [0.1, 0.15) is 117 Å². The minimum Gasteiger partial charge on any atom is -0.481 e. The van der Waals surface area contributed by atoms with Gasteiger partial charge in [0.2, 0.25) is 0 Å². The van der Waals surface area contributed by atoms with Gasteiger partial charge in [0.15, 0.2) is 0 Å². The molecule has 0 aliphatic carbocycles. The van der Waals surface area contributed by atoms with Crippen LogP contribution in [0.4, 0.5) is 0 Å². The molecule has 0 aromatic rings. The molecule has 0 saturated heterocycles. The number of carboxylic acids is 2. The SMILES string of the molecule is CCC(CO)(CO)CO.CCCCCCCCC(=O)O.CCCCCCCCC(=O)O. The summed E-state index contributed by atoms with van der Waals surface area (Å²) in [5.41, 5.74) is -0.667. The monoisotopic (exact) mass is 450 g/mol. The summed E-state index contributed by atoms with van der Waals surface area (Å²) < 4.78 is 0. The zero-order chi connectivity index (χ0) is 24.4. The van der Waals surface area contributed by atoms with Crippen LogP contribution in [0, 0.1) is 5.41 Å².